The first-order valence-corrected chi connectivity index (χ1v) is 14.1. The van der Waals surface area contributed by atoms with Gasteiger partial charge in [-0.15, -0.1) is 0 Å². The molecule has 2 aliphatic heterocycles. The Hall–Kier alpha value is -2.95. The van der Waals surface area contributed by atoms with Crippen LogP contribution in [0.25, 0.3) is 5.57 Å². The summed E-state index contributed by atoms with van der Waals surface area (Å²) in [7, 11) is 0. The molecule has 4 heterocycles. The molecule has 2 aromatic rings. The zero-order chi connectivity index (χ0) is 27.0. The highest BCUT2D eigenvalue weighted by Crippen LogP contribution is 2.24. The Balaban J connectivity index is 0.00000127. The maximum atomic E-state index is 7.57. The number of hydrogen-bond acceptors (Lipinski definition) is 10. The van der Waals surface area contributed by atoms with E-state index in [1.165, 1.54) is 19.3 Å². The van der Waals surface area contributed by atoms with Gasteiger partial charge in [-0.25, -0.2) is 15.0 Å². The second-order valence-corrected chi connectivity index (χ2v) is 9.50. The molecule has 0 radical (unpaired) electrons. The Morgan fingerprint density at radius 3 is 2.55 bits per heavy atom. The Morgan fingerprint density at radius 2 is 1.89 bits per heavy atom. The molecule has 2 saturated heterocycles. The number of rotatable bonds is 11. The van der Waals surface area contributed by atoms with Crippen molar-refractivity contribution in [2.75, 3.05) is 69.2 Å². The number of aliphatic hydroxyl groups excluding tert-OH is 1. The highest BCUT2D eigenvalue weighted by Gasteiger charge is 2.16. The SMILES string of the molecule is CC/C(=C/N)c1nc(NCc2ccc(OCCCN3CCNCC3)nc2)cc(N2CCCCC2)n1.CCO. The van der Waals surface area contributed by atoms with E-state index in [2.05, 4.69) is 38.4 Å². The van der Waals surface area contributed by atoms with Crippen LogP contribution in [0.5, 0.6) is 5.88 Å². The van der Waals surface area contributed by atoms with Crippen LogP contribution in [-0.2, 0) is 6.54 Å². The molecule has 10 heteroatoms. The summed E-state index contributed by atoms with van der Waals surface area (Å²) in [6.07, 6.45) is 8.97. The van der Waals surface area contributed by atoms with Crippen molar-refractivity contribution in [2.45, 2.75) is 52.5 Å². The van der Waals surface area contributed by atoms with Crippen molar-refractivity contribution in [3.05, 3.63) is 42.0 Å². The second kappa shape index (κ2) is 16.8. The molecule has 5 N–H and O–H groups in total. The normalized spacial score (nSPS) is 16.5. The molecule has 0 aromatic carbocycles. The number of ether oxygens (including phenoxy) is 1. The zero-order valence-electron chi connectivity index (χ0n) is 23.2. The summed E-state index contributed by atoms with van der Waals surface area (Å²) in [5.74, 6) is 3.14. The van der Waals surface area contributed by atoms with E-state index in [1.807, 2.05) is 18.3 Å². The fraction of sp³-hybridized carbons (Fsp3) is 0.607. The van der Waals surface area contributed by atoms with E-state index < -0.39 is 0 Å². The smallest absolute Gasteiger partial charge is 0.213 e. The molecule has 2 aliphatic rings. The van der Waals surface area contributed by atoms with E-state index in [4.69, 9.17) is 25.5 Å². The van der Waals surface area contributed by atoms with Crippen molar-refractivity contribution in [3.8, 4) is 5.88 Å². The summed E-state index contributed by atoms with van der Waals surface area (Å²) in [6, 6.07) is 6.04. The molecule has 210 valence electrons. The number of hydrogen-bond donors (Lipinski definition) is 4. The fourth-order valence-corrected chi connectivity index (χ4v) is 4.50. The summed E-state index contributed by atoms with van der Waals surface area (Å²) in [4.78, 5) is 18.9. The minimum absolute atomic E-state index is 0.250. The van der Waals surface area contributed by atoms with Crippen LogP contribution in [0.3, 0.4) is 0 Å². The van der Waals surface area contributed by atoms with Crippen LogP contribution in [0, 0.1) is 0 Å². The first-order chi connectivity index (χ1) is 18.7. The van der Waals surface area contributed by atoms with Crippen LogP contribution >= 0.6 is 0 Å². The minimum atomic E-state index is 0.250. The van der Waals surface area contributed by atoms with Crippen molar-refractivity contribution in [3.63, 3.8) is 0 Å². The predicted octanol–water partition coefficient (Wildman–Crippen LogP) is 2.86. The summed E-state index contributed by atoms with van der Waals surface area (Å²) >= 11 is 0. The number of nitrogens with one attached hydrogen (secondary N) is 2. The lowest BCUT2D eigenvalue weighted by molar-refractivity contribution is 0.211. The van der Waals surface area contributed by atoms with Gasteiger partial charge in [0.05, 0.1) is 6.61 Å². The minimum Gasteiger partial charge on any atom is -0.478 e. The molecule has 0 amide bonds. The van der Waals surface area contributed by atoms with Crippen LogP contribution in [-0.4, -0.2) is 84.0 Å². The van der Waals surface area contributed by atoms with Gasteiger partial charge in [0, 0.05) is 89.1 Å². The number of piperazine rings is 1. The number of anilines is 2. The zero-order valence-corrected chi connectivity index (χ0v) is 23.2. The molecule has 10 nitrogen and oxygen atoms in total. The van der Waals surface area contributed by atoms with Crippen molar-refractivity contribution in [1.29, 1.82) is 0 Å². The number of piperidine rings is 1. The first kappa shape index (κ1) is 29.6. The van der Waals surface area contributed by atoms with Gasteiger partial charge in [0.25, 0.3) is 0 Å². The molecule has 2 aromatic heterocycles. The lowest BCUT2D eigenvalue weighted by atomic mass is 10.1. The van der Waals surface area contributed by atoms with E-state index in [-0.39, 0.29) is 6.61 Å². The molecule has 4 rings (SSSR count). The average Bonchev–Trinajstić information content (AvgIpc) is 2.97. The van der Waals surface area contributed by atoms with Crippen LogP contribution in [0.15, 0.2) is 30.6 Å². The Bertz CT molecular complexity index is 958. The summed E-state index contributed by atoms with van der Waals surface area (Å²) in [5.41, 5.74) is 7.88. The van der Waals surface area contributed by atoms with Crippen LogP contribution < -0.4 is 26.0 Å². The lowest BCUT2D eigenvalue weighted by Gasteiger charge is -2.28. The first-order valence-electron chi connectivity index (χ1n) is 14.1. The third-order valence-electron chi connectivity index (χ3n) is 6.61. The highest BCUT2D eigenvalue weighted by molar-refractivity contribution is 5.63. The number of pyridine rings is 1. The van der Waals surface area contributed by atoms with Crippen LogP contribution in [0.4, 0.5) is 11.6 Å². The third-order valence-corrected chi connectivity index (χ3v) is 6.61. The third kappa shape index (κ3) is 9.74. The van der Waals surface area contributed by atoms with Crippen molar-refractivity contribution in [1.82, 2.24) is 25.2 Å². The van der Waals surface area contributed by atoms with Gasteiger partial charge in [-0.2, -0.15) is 0 Å². The number of aromatic nitrogens is 3. The van der Waals surface area contributed by atoms with Crippen molar-refractivity contribution < 1.29 is 9.84 Å². The number of allylic oxidation sites excluding steroid dienone is 1. The Labute approximate surface area is 227 Å². The molecule has 0 spiro atoms. The molecule has 0 bridgehead atoms. The Morgan fingerprint density at radius 1 is 1.13 bits per heavy atom. The molecule has 2 fully saturated rings. The molecule has 0 saturated carbocycles. The van der Waals surface area contributed by atoms with Crippen LogP contribution in [0.2, 0.25) is 0 Å². The van der Waals surface area contributed by atoms with Crippen molar-refractivity contribution in [2.24, 2.45) is 5.73 Å². The standard InChI is InChI=1S/C26H40N8O.C2H6O/c1-2-22(18-27)26-31-23(17-24(32-26)34-12-4-3-5-13-34)29-19-21-7-8-25(30-20-21)35-16-6-11-33-14-9-28-10-15-33;1-2-3/h7-8,17-18,20,28H,2-6,9-16,19,27H2,1H3,(H,29,31,32);3H,2H2,1H3/b22-18-;. The Kier molecular flexibility index (Phi) is 13.1. The van der Waals surface area contributed by atoms with Gasteiger partial charge < -0.3 is 36.0 Å². The largest absolute Gasteiger partial charge is 0.478 e. The monoisotopic (exact) mass is 526 g/mol. The highest BCUT2D eigenvalue weighted by atomic mass is 16.5. The van der Waals surface area contributed by atoms with E-state index >= 15 is 0 Å². The van der Waals surface area contributed by atoms with Gasteiger partial charge in [0.2, 0.25) is 5.88 Å². The second-order valence-electron chi connectivity index (χ2n) is 9.50. The molecule has 0 aliphatic carbocycles. The maximum absolute atomic E-state index is 7.57. The number of aliphatic hydroxyl groups is 1. The van der Waals surface area contributed by atoms with E-state index in [0.717, 1.165) is 81.4 Å². The molecule has 38 heavy (non-hydrogen) atoms. The van der Waals surface area contributed by atoms with E-state index in [1.54, 1.807) is 13.1 Å². The lowest BCUT2D eigenvalue weighted by Crippen LogP contribution is -2.43. The van der Waals surface area contributed by atoms with Crippen molar-refractivity contribution >= 4 is 17.2 Å². The quantitative estimate of drug-likeness (QED) is 0.325. The van der Waals surface area contributed by atoms with E-state index in [0.29, 0.717) is 24.9 Å². The average molecular weight is 527 g/mol. The van der Waals surface area contributed by atoms with Gasteiger partial charge in [-0.3, -0.25) is 0 Å². The number of nitrogens with zero attached hydrogens (tertiary/aromatic N) is 5. The van der Waals surface area contributed by atoms with Gasteiger partial charge in [0.15, 0.2) is 5.82 Å². The van der Waals surface area contributed by atoms with Gasteiger partial charge in [-0.1, -0.05) is 13.0 Å². The molecule has 0 unspecified atom stereocenters. The molecule has 0 atom stereocenters. The van der Waals surface area contributed by atoms with Crippen LogP contribution in [0.1, 0.15) is 57.3 Å². The number of nitrogens with two attached hydrogens (primary N) is 1. The van der Waals surface area contributed by atoms with Gasteiger partial charge in [-0.05, 0) is 44.6 Å². The fourth-order valence-electron chi connectivity index (χ4n) is 4.50. The molecular formula is C28H46N8O2. The summed E-state index contributed by atoms with van der Waals surface area (Å²) in [6.45, 7) is 12.9. The van der Waals surface area contributed by atoms with E-state index in [9.17, 15) is 0 Å². The maximum Gasteiger partial charge on any atom is 0.213 e. The molecular weight excluding hydrogens is 480 g/mol. The van der Waals surface area contributed by atoms with Gasteiger partial charge in [0.1, 0.15) is 11.6 Å². The summed E-state index contributed by atoms with van der Waals surface area (Å²) < 4.78 is 5.85. The van der Waals surface area contributed by atoms with Gasteiger partial charge >= 0.3 is 0 Å². The summed E-state index contributed by atoms with van der Waals surface area (Å²) in [5, 5.41) is 14.4. The predicted molar refractivity (Wildman–Crippen MR) is 154 cm³/mol. The topological polar surface area (TPSA) is 125 Å².